The van der Waals surface area contributed by atoms with Gasteiger partial charge in [0, 0.05) is 10.9 Å². The van der Waals surface area contributed by atoms with Crippen LogP contribution in [0.15, 0.2) is 49.3 Å². The minimum atomic E-state index is 0.390. The molecule has 0 bridgehead atoms. The number of benzene rings is 1. The molecule has 0 fully saturated rings. The molecule has 1 rings (SSSR count). The van der Waals surface area contributed by atoms with Crippen LogP contribution in [0, 0.1) is 6.92 Å². The highest BCUT2D eigenvalue weighted by Crippen LogP contribution is 2.19. The average molecular weight is 233 g/mol. The molecule has 2 heteroatoms. The Morgan fingerprint density at radius 3 is 2.56 bits per heavy atom. The number of aryl methyl sites for hydroxylation is 1. The zero-order chi connectivity index (χ0) is 12.0. The van der Waals surface area contributed by atoms with E-state index in [1.165, 1.54) is 11.1 Å². The molecule has 0 spiro atoms. The van der Waals surface area contributed by atoms with E-state index in [1.54, 1.807) is 6.20 Å². The number of hydrogen-bond acceptors (Lipinski definition) is 2. The van der Waals surface area contributed by atoms with Gasteiger partial charge >= 0.3 is 0 Å². The molecular weight excluding hydrogens is 214 g/mol. The molecule has 1 aromatic carbocycles. The molecule has 1 nitrogen and oxygen atoms in total. The first-order valence-electron chi connectivity index (χ1n) is 5.32. The Morgan fingerprint density at radius 1 is 1.44 bits per heavy atom. The highest BCUT2D eigenvalue weighted by Gasteiger charge is 2.10. The number of nitrogens with one attached hydrogen (secondary N) is 1. The molecule has 0 aliphatic heterocycles. The summed E-state index contributed by atoms with van der Waals surface area (Å²) in [6, 6.07) is 8.66. The van der Waals surface area contributed by atoms with Crippen LogP contribution >= 0.6 is 11.8 Å². The summed E-state index contributed by atoms with van der Waals surface area (Å²) in [6.07, 6.45) is 4.79. The highest BCUT2D eigenvalue weighted by molar-refractivity contribution is 7.99. The monoisotopic (exact) mass is 233 g/mol. The molecule has 0 amide bonds. The Balaban J connectivity index is 2.66. The second kappa shape index (κ2) is 6.44. The van der Waals surface area contributed by atoms with Gasteiger partial charge in [-0.05, 0) is 31.4 Å². The summed E-state index contributed by atoms with van der Waals surface area (Å²) < 4.78 is 0. The van der Waals surface area contributed by atoms with E-state index in [0.717, 1.165) is 12.1 Å². The standard InChI is InChI=1S/C14H19NS/c1-5-15-12(3)14(16-4)10-13-8-6-11(2)7-9-13/h5-9,14-15H,1,3,10H2,2,4H3. The third kappa shape index (κ3) is 3.78. The van der Waals surface area contributed by atoms with Crippen LogP contribution in [0.4, 0.5) is 0 Å². The average Bonchev–Trinajstić information content (AvgIpc) is 2.28. The van der Waals surface area contributed by atoms with Gasteiger partial charge in [-0.1, -0.05) is 43.0 Å². The minimum Gasteiger partial charge on any atom is -0.365 e. The van der Waals surface area contributed by atoms with Crippen molar-refractivity contribution < 1.29 is 0 Å². The lowest BCUT2D eigenvalue weighted by Crippen LogP contribution is -2.18. The Bertz CT molecular complexity index is 354. The molecule has 0 radical (unpaired) electrons. The van der Waals surface area contributed by atoms with Gasteiger partial charge in [-0.15, -0.1) is 0 Å². The van der Waals surface area contributed by atoms with E-state index >= 15 is 0 Å². The van der Waals surface area contributed by atoms with Gasteiger partial charge in [-0.25, -0.2) is 0 Å². The smallest absolute Gasteiger partial charge is 0.0479 e. The largest absolute Gasteiger partial charge is 0.365 e. The molecule has 0 heterocycles. The summed E-state index contributed by atoms with van der Waals surface area (Å²) in [6.45, 7) is 9.79. The van der Waals surface area contributed by atoms with Crippen LogP contribution in [0.25, 0.3) is 0 Å². The van der Waals surface area contributed by atoms with Gasteiger partial charge in [-0.2, -0.15) is 11.8 Å². The van der Waals surface area contributed by atoms with E-state index in [-0.39, 0.29) is 0 Å². The van der Waals surface area contributed by atoms with Crippen molar-refractivity contribution in [3.63, 3.8) is 0 Å². The first-order chi connectivity index (χ1) is 7.67. The van der Waals surface area contributed by atoms with E-state index < -0.39 is 0 Å². The van der Waals surface area contributed by atoms with Crippen molar-refractivity contribution in [1.29, 1.82) is 0 Å². The summed E-state index contributed by atoms with van der Waals surface area (Å²) in [5, 5.41) is 3.47. The molecular formula is C14H19NS. The first kappa shape index (κ1) is 12.9. The minimum absolute atomic E-state index is 0.390. The lowest BCUT2D eigenvalue weighted by Gasteiger charge is -2.17. The van der Waals surface area contributed by atoms with Crippen LogP contribution in [0.3, 0.4) is 0 Å². The number of rotatable bonds is 6. The molecule has 1 unspecified atom stereocenters. The van der Waals surface area contributed by atoms with Crippen LogP contribution in [0.5, 0.6) is 0 Å². The predicted octanol–water partition coefficient (Wildman–Crippen LogP) is 3.52. The molecule has 1 N–H and O–H groups in total. The molecule has 16 heavy (non-hydrogen) atoms. The van der Waals surface area contributed by atoms with E-state index in [4.69, 9.17) is 0 Å². The van der Waals surface area contributed by atoms with Crippen molar-refractivity contribution in [3.05, 3.63) is 60.4 Å². The molecule has 0 saturated carbocycles. The van der Waals surface area contributed by atoms with Crippen LogP contribution in [0.2, 0.25) is 0 Å². The first-order valence-corrected chi connectivity index (χ1v) is 6.60. The van der Waals surface area contributed by atoms with Gasteiger partial charge in [0.05, 0.1) is 0 Å². The van der Waals surface area contributed by atoms with E-state index in [0.29, 0.717) is 5.25 Å². The van der Waals surface area contributed by atoms with Crippen molar-refractivity contribution >= 4 is 11.8 Å². The second-order valence-electron chi connectivity index (χ2n) is 3.79. The van der Waals surface area contributed by atoms with Gasteiger partial charge in [-0.3, -0.25) is 0 Å². The third-order valence-electron chi connectivity index (χ3n) is 2.50. The Morgan fingerprint density at radius 2 is 2.06 bits per heavy atom. The summed E-state index contributed by atoms with van der Waals surface area (Å²) in [7, 11) is 0. The van der Waals surface area contributed by atoms with Crippen molar-refractivity contribution in [2.24, 2.45) is 0 Å². The summed E-state index contributed by atoms with van der Waals surface area (Å²) >= 11 is 1.81. The molecule has 0 aliphatic carbocycles. The van der Waals surface area contributed by atoms with Crippen LogP contribution in [-0.4, -0.2) is 11.5 Å². The van der Waals surface area contributed by atoms with Crippen molar-refractivity contribution in [2.75, 3.05) is 6.26 Å². The predicted molar refractivity (Wildman–Crippen MR) is 74.7 cm³/mol. The zero-order valence-electron chi connectivity index (χ0n) is 9.99. The fraction of sp³-hybridized carbons (Fsp3) is 0.286. The topological polar surface area (TPSA) is 12.0 Å². The summed E-state index contributed by atoms with van der Waals surface area (Å²) in [5.74, 6) is 0. The third-order valence-corrected chi connectivity index (χ3v) is 3.52. The van der Waals surface area contributed by atoms with E-state index in [9.17, 15) is 0 Å². The molecule has 0 aliphatic rings. The van der Waals surface area contributed by atoms with Crippen molar-refractivity contribution in [3.8, 4) is 0 Å². The van der Waals surface area contributed by atoms with Gasteiger partial charge in [0.2, 0.25) is 0 Å². The van der Waals surface area contributed by atoms with Gasteiger partial charge in [0.25, 0.3) is 0 Å². The quantitative estimate of drug-likeness (QED) is 0.807. The summed E-state index contributed by atoms with van der Waals surface area (Å²) in [4.78, 5) is 0. The lowest BCUT2D eigenvalue weighted by atomic mass is 10.1. The van der Waals surface area contributed by atoms with Crippen LogP contribution in [-0.2, 0) is 6.42 Å². The molecule has 1 aromatic rings. The number of thioether (sulfide) groups is 1. The fourth-order valence-electron chi connectivity index (χ4n) is 1.51. The summed E-state index contributed by atoms with van der Waals surface area (Å²) in [5.41, 5.74) is 3.66. The van der Waals surface area contributed by atoms with Gasteiger partial charge in [0.15, 0.2) is 0 Å². The fourth-order valence-corrected chi connectivity index (χ4v) is 2.22. The second-order valence-corrected chi connectivity index (χ2v) is 4.83. The normalized spacial score (nSPS) is 11.9. The zero-order valence-corrected chi connectivity index (χ0v) is 10.8. The maximum absolute atomic E-state index is 4.03. The molecule has 0 saturated heterocycles. The molecule has 86 valence electrons. The van der Waals surface area contributed by atoms with Crippen LogP contribution < -0.4 is 5.32 Å². The Hall–Kier alpha value is -1.15. The molecule has 1 atom stereocenters. The van der Waals surface area contributed by atoms with Crippen molar-refractivity contribution in [1.82, 2.24) is 5.32 Å². The SMILES string of the molecule is C=CNC(=C)C(Cc1ccc(C)cc1)SC. The van der Waals surface area contributed by atoms with E-state index in [2.05, 4.69) is 55.9 Å². The lowest BCUT2D eigenvalue weighted by molar-refractivity contribution is 0.887. The van der Waals surface area contributed by atoms with Crippen LogP contribution in [0.1, 0.15) is 11.1 Å². The maximum atomic E-state index is 4.03. The highest BCUT2D eigenvalue weighted by atomic mass is 32.2. The van der Waals surface area contributed by atoms with Gasteiger partial charge < -0.3 is 5.32 Å². The van der Waals surface area contributed by atoms with E-state index in [1.807, 2.05) is 11.8 Å². The maximum Gasteiger partial charge on any atom is 0.0479 e. The molecule has 0 aromatic heterocycles. The Labute approximate surface area is 103 Å². The number of hydrogen-bond donors (Lipinski definition) is 1. The van der Waals surface area contributed by atoms with Crippen molar-refractivity contribution in [2.45, 2.75) is 18.6 Å². The van der Waals surface area contributed by atoms with Gasteiger partial charge in [0.1, 0.15) is 0 Å². The Kier molecular flexibility index (Phi) is 5.20.